The third kappa shape index (κ3) is 8.95. The fraction of sp³-hybridized carbons (Fsp3) is 0.571. The van der Waals surface area contributed by atoms with Crippen LogP contribution in [0.3, 0.4) is 0 Å². The molecule has 2 aliphatic heterocycles. The topological polar surface area (TPSA) is 113 Å². The lowest BCUT2D eigenvalue weighted by molar-refractivity contribution is -0.385. The number of nitrogens with two attached hydrogens (primary N) is 1. The lowest BCUT2D eigenvalue weighted by Crippen LogP contribution is -2.32. The molecule has 0 radical (unpaired) electrons. The normalized spacial score (nSPS) is 17.3. The Morgan fingerprint density at radius 3 is 1.68 bits per heavy atom. The van der Waals surface area contributed by atoms with Gasteiger partial charge in [0.15, 0.2) is 23.0 Å². The Kier molecular flexibility index (Phi) is 11.3. The molecule has 2 aromatic carbocycles. The maximum Gasteiger partial charge on any atom is 0.273 e. The Bertz CT molecular complexity index is 1020. The van der Waals surface area contributed by atoms with Gasteiger partial charge in [0.05, 0.1) is 38.4 Å². The van der Waals surface area contributed by atoms with Gasteiger partial charge in [-0.3, -0.25) is 10.1 Å². The van der Waals surface area contributed by atoms with E-state index in [9.17, 15) is 10.1 Å². The summed E-state index contributed by atoms with van der Waals surface area (Å²) in [7, 11) is 7.45. The van der Waals surface area contributed by atoms with Gasteiger partial charge in [-0.05, 0) is 96.0 Å². The molecule has 2 heterocycles. The van der Waals surface area contributed by atoms with E-state index >= 15 is 0 Å². The lowest BCUT2D eigenvalue weighted by Gasteiger charge is -2.28. The molecule has 0 amide bonds. The number of rotatable bonds is 9. The van der Waals surface area contributed by atoms with Gasteiger partial charge in [0.25, 0.3) is 5.69 Å². The number of nitrogens with zero attached hydrogens (tertiary/aromatic N) is 3. The molecular weight excluding hydrogens is 488 g/mol. The standard InChI is InChI=1S/C14H20N2O4.C14H22N2O2/c1-15-7-5-11(6-8-15)10-20-14-9-12(16(17)18)3-4-13(14)19-2;1-16-7-5-11(6-8-16)10-18-14-9-12(15)3-4-13(14)17-2/h3-4,9,11H,5-8,10H2,1-2H3;3-4,9,11H,5-8,10,15H2,1-2H3. The van der Waals surface area contributed by atoms with Gasteiger partial charge < -0.3 is 34.5 Å². The number of piperidine rings is 2. The molecule has 0 aromatic heterocycles. The highest BCUT2D eigenvalue weighted by Gasteiger charge is 2.20. The van der Waals surface area contributed by atoms with Crippen molar-refractivity contribution in [3.05, 3.63) is 46.5 Å². The SMILES string of the molecule is COc1ccc(N)cc1OCC1CCN(C)CC1.COc1ccc([N+](=O)[O-])cc1OCC1CCN(C)CC1. The van der Waals surface area contributed by atoms with Gasteiger partial charge >= 0.3 is 0 Å². The number of anilines is 1. The summed E-state index contributed by atoms with van der Waals surface area (Å²) >= 11 is 0. The molecule has 2 aromatic rings. The van der Waals surface area contributed by atoms with Crippen molar-refractivity contribution in [2.24, 2.45) is 11.8 Å². The van der Waals surface area contributed by atoms with Crippen molar-refractivity contribution in [3.63, 3.8) is 0 Å². The van der Waals surface area contributed by atoms with Crippen LogP contribution in [-0.2, 0) is 0 Å². The Balaban J connectivity index is 0.000000212. The van der Waals surface area contributed by atoms with Gasteiger partial charge in [0.1, 0.15) is 0 Å². The highest BCUT2D eigenvalue weighted by molar-refractivity contribution is 5.52. The third-order valence-electron chi connectivity index (χ3n) is 7.17. The maximum absolute atomic E-state index is 10.8. The predicted octanol–water partition coefficient (Wildman–Crippen LogP) is 4.32. The van der Waals surface area contributed by atoms with Gasteiger partial charge in [-0.15, -0.1) is 0 Å². The van der Waals surface area contributed by atoms with Crippen LogP contribution in [0.25, 0.3) is 0 Å². The van der Waals surface area contributed by atoms with Gasteiger partial charge in [0.2, 0.25) is 0 Å². The second-order valence-electron chi connectivity index (χ2n) is 10.1. The average molecular weight is 531 g/mol. The summed E-state index contributed by atoms with van der Waals surface area (Å²) in [5.74, 6) is 3.60. The van der Waals surface area contributed by atoms with Crippen LogP contribution >= 0.6 is 0 Å². The molecule has 2 fully saturated rings. The average Bonchev–Trinajstić information content (AvgIpc) is 2.92. The maximum atomic E-state index is 10.8. The summed E-state index contributed by atoms with van der Waals surface area (Å²) in [5, 5.41) is 10.8. The molecular formula is C28H42N4O6. The summed E-state index contributed by atoms with van der Waals surface area (Å²) in [5.41, 5.74) is 6.49. The number of ether oxygens (including phenoxy) is 4. The van der Waals surface area contributed by atoms with Gasteiger partial charge in [-0.2, -0.15) is 0 Å². The molecule has 210 valence electrons. The predicted molar refractivity (Wildman–Crippen MR) is 148 cm³/mol. The van der Waals surface area contributed by atoms with E-state index in [0.717, 1.165) is 57.1 Å². The zero-order valence-electron chi connectivity index (χ0n) is 23.1. The highest BCUT2D eigenvalue weighted by atomic mass is 16.6. The summed E-state index contributed by atoms with van der Waals surface area (Å²) in [6.07, 6.45) is 4.57. The van der Waals surface area contributed by atoms with Crippen molar-refractivity contribution in [2.45, 2.75) is 25.7 Å². The summed E-state index contributed by atoms with van der Waals surface area (Å²) in [6, 6.07) is 9.91. The van der Waals surface area contributed by atoms with Crippen molar-refractivity contribution < 1.29 is 23.9 Å². The minimum Gasteiger partial charge on any atom is -0.493 e. The molecule has 2 aliphatic rings. The van der Waals surface area contributed by atoms with Crippen LogP contribution in [0.4, 0.5) is 11.4 Å². The molecule has 0 spiro atoms. The first kappa shape index (κ1) is 29.3. The number of non-ortho nitro benzene ring substituents is 1. The molecule has 0 bridgehead atoms. The van der Waals surface area contributed by atoms with E-state index in [0.29, 0.717) is 35.6 Å². The van der Waals surface area contributed by atoms with E-state index in [1.165, 1.54) is 32.1 Å². The van der Waals surface area contributed by atoms with Crippen molar-refractivity contribution >= 4 is 11.4 Å². The van der Waals surface area contributed by atoms with Gasteiger partial charge in [-0.25, -0.2) is 0 Å². The Labute approximate surface area is 225 Å². The van der Waals surface area contributed by atoms with E-state index in [4.69, 9.17) is 24.7 Å². The number of nitro benzene ring substituents is 1. The number of nitrogen functional groups attached to an aromatic ring is 1. The summed E-state index contributed by atoms with van der Waals surface area (Å²) in [6.45, 7) is 5.77. The van der Waals surface area contributed by atoms with Crippen LogP contribution < -0.4 is 24.7 Å². The van der Waals surface area contributed by atoms with Crippen molar-refractivity contribution in [1.29, 1.82) is 0 Å². The summed E-state index contributed by atoms with van der Waals surface area (Å²) in [4.78, 5) is 15.0. The molecule has 38 heavy (non-hydrogen) atoms. The minimum atomic E-state index is -0.429. The van der Waals surface area contributed by atoms with Crippen LogP contribution in [0.5, 0.6) is 23.0 Å². The zero-order valence-corrected chi connectivity index (χ0v) is 23.1. The van der Waals surface area contributed by atoms with Crippen LogP contribution in [-0.4, -0.2) is 82.4 Å². The van der Waals surface area contributed by atoms with E-state index in [1.54, 1.807) is 13.2 Å². The van der Waals surface area contributed by atoms with Crippen molar-refractivity contribution in [2.75, 3.05) is 73.4 Å². The van der Waals surface area contributed by atoms with Crippen LogP contribution in [0.1, 0.15) is 25.7 Å². The first-order chi connectivity index (χ1) is 18.3. The van der Waals surface area contributed by atoms with Crippen LogP contribution in [0.2, 0.25) is 0 Å². The smallest absolute Gasteiger partial charge is 0.273 e. The van der Waals surface area contributed by atoms with E-state index < -0.39 is 4.92 Å². The zero-order chi connectivity index (χ0) is 27.5. The van der Waals surface area contributed by atoms with E-state index in [2.05, 4.69) is 23.9 Å². The molecule has 0 atom stereocenters. The number of likely N-dealkylation sites (tertiary alicyclic amines) is 2. The second-order valence-corrected chi connectivity index (χ2v) is 10.1. The fourth-order valence-electron chi connectivity index (χ4n) is 4.57. The number of methoxy groups -OCH3 is 2. The van der Waals surface area contributed by atoms with Gasteiger partial charge in [0, 0.05) is 17.8 Å². The van der Waals surface area contributed by atoms with Crippen LogP contribution in [0, 0.1) is 22.0 Å². The largest absolute Gasteiger partial charge is 0.493 e. The van der Waals surface area contributed by atoms with Gasteiger partial charge in [-0.1, -0.05) is 0 Å². The summed E-state index contributed by atoms with van der Waals surface area (Å²) < 4.78 is 22.1. The quantitative estimate of drug-likeness (QED) is 0.288. The van der Waals surface area contributed by atoms with Crippen LogP contribution in [0.15, 0.2) is 36.4 Å². The number of hydrogen-bond acceptors (Lipinski definition) is 9. The molecule has 10 nitrogen and oxygen atoms in total. The first-order valence-corrected chi connectivity index (χ1v) is 13.2. The van der Waals surface area contributed by atoms with E-state index in [-0.39, 0.29) is 5.69 Å². The molecule has 4 rings (SSSR count). The third-order valence-corrected chi connectivity index (χ3v) is 7.17. The molecule has 0 aliphatic carbocycles. The molecule has 10 heteroatoms. The lowest BCUT2D eigenvalue weighted by atomic mass is 9.98. The fourth-order valence-corrected chi connectivity index (χ4v) is 4.57. The molecule has 2 saturated heterocycles. The molecule has 0 saturated carbocycles. The monoisotopic (exact) mass is 530 g/mol. The Morgan fingerprint density at radius 2 is 1.24 bits per heavy atom. The first-order valence-electron chi connectivity index (χ1n) is 13.2. The Hall–Kier alpha value is -3.24. The van der Waals surface area contributed by atoms with Crippen molar-refractivity contribution in [1.82, 2.24) is 9.80 Å². The van der Waals surface area contributed by atoms with E-state index in [1.807, 2.05) is 18.2 Å². The minimum absolute atomic E-state index is 0.0178. The molecule has 2 N–H and O–H groups in total. The highest BCUT2D eigenvalue weighted by Crippen LogP contribution is 2.32. The number of hydrogen-bond donors (Lipinski definition) is 1. The number of benzene rings is 2. The number of nitro groups is 1. The van der Waals surface area contributed by atoms with Crippen molar-refractivity contribution in [3.8, 4) is 23.0 Å². The Morgan fingerprint density at radius 1 is 0.789 bits per heavy atom. The second kappa shape index (κ2) is 14.6. The molecule has 0 unspecified atom stereocenters.